The van der Waals surface area contributed by atoms with Gasteiger partial charge in [-0.15, -0.1) is 12.3 Å². The summed E-state index contributed by atoms with van der Waals surface area (Å²) in [5.74, 6) is -1.14. The molecule has 164 valence electrons. The van der Waals surface area contributed by atoms with E-state index in [0.29, 0.717) is 13.0 Å². The van der Waals surface area contributed by atoms with Gasteiger partial charge in [0.25, 0.3) is 0 Å². The number of hydrogen-bond acceptors (Lipinski definition) is 8. The summed E-state index contributed by atoms with van der Waals surface area (Å²) in [4.78, 5) is 11.7. The van der Waals surface area contributed by atoms with Gasteiger partial charge in [0.2, 0.25) is 5.79 Å². The maximum Gasteiger partial charge on any atom is 0.325 e. The monoisotopic (exact) mass is 476 g/mol. The molecule has 3 saturated heterocycles. The largest absolute Gasteiger partial charge is 0.465 e. The molecular weight excluding hydrogens is 448 g/mol. The first-order chi connectivity index (χ1) is 13.6. The second-order valence-electron chi connectivity index (χ2n) is 8.11. The number of carbonyl (C=O) groups is 1. The van der Waals surface area contributed by atoms with Crippen molar-refractivity contribution in [1.29, 1.82) is 0 Å². The highest BCUT2D eigenvalue weighted by Gasteiger charge is 2.69. The fraction of sp³-hybridized carbons (Fsp3) is 0.850. The average Bonchev–Trinajstić information content (AvgIpc) is 3.24. The van der Waals surface area contributed by atoms with E-state index in [4.69, 9.17) is 39.6 Å². The number of ether oxygens (including phenoxy) is 7. The topological polar surface area (TPSA) is 81.7 Å². The SMILES string of the molecule is C#CCCO[C@]1(C(Br)C(=O)OCC)O[C@H]([C@H]2COC(C)(C)O2)[C@H]2OC(C)(C)O[C@H]21. The van der Waals surface area contributed by atoms with Crippen LogP contribution in [-0.2, 0) is 38.0 Å². The van der Waals surface area contributed by atoms with Crippen LogP contribution in [0.5, 0.6) is 0 Å². The summed E-state index contributed by atoms with van der Waals surface area (Å²) in [6.07, 6.45) is 3.48. The lowest BCUT2D eigenvalue weighted by molar-refractivity contribution is -0.299. The highest BCUT2D eigenvalue weighted by Crippen LogP contribution is 2.50. The number of rotatable bonds is 7. The number of alkyl halides is 1. The lowest BCUT2D eigenvalue weighted by Gasteiger charge is -2.37. The lowest BCUT2D eigenvalue weighted by Crippen LogP contribution is -2.55. The summed E-state index contributed by atoms with van der Waals surface area (Å²) in [7, 11) is 0. The predicted octanol–water partition coefficient (Wildman–Crippen LogP) is 2.12. The molecule has 3 heterocycles. The lowest BCUT2D eigenvalue weighted by atomic mass is 10.00. The van der Waals surface area contributed by atoms with Crippen molar-refractivity contribution in [2.75, 3.05) is 19.8 Å². The Morgan fingerprint density at radius 3 is 2.48 bits per heavy atom. The molecule has 0 aromatic heterocycles. The van der Waals surface area contributed by atoms with Crippen molar-refractivity contribution in [1.82, 2.24) is 0 Å². The van der Waals surface area contributed by atoms with E-state index in [1.807, 2.05) is 13.8 Å². The van der Waals surface area contributed by atoms with Crippen LogP contribution < -0.4 is 0 Å². The van der Waals surface area contributed by atoms with Crippen LogP contribution >= 0.6 is 15.9 Å². The van der Waals surface area contributed by atoms with Gasteiger partial charge in [0, 0.05) is 6.42 Å². The van der Waals surface area contributed by atoms with Gasteiger partial charge in [0.05, 0.1) is 19.8 Å². The van der Waals surface area contributed by atoms with Crippen LogP contribution in [0.2, 0.25) is 0 Å². The zero-order chi connectivity index (χ0) is 21.4. The first-order valence-electron chi connectivity index (χ1n) is 9.78. The minimum atomic E-state index is -1.50. The van der Waals surface area contributed by atoms with E-state index in [1.165, 1.54) is 0 Å². The number of halogens is 1. The molecule has 3 fully saturated rings. The third-order valence-corrected chi connectivity index (χ3v) is 6.00. The highest BCUT2D eigenvalue weighted by atomic mass is 79.9. The molecule has 8 nitrogen and oxygen atoms in total. The Hall–Kier alpha value is -0.730. The van der Waals surface area contributed by atoms with Crippen molar-refractivity contribution in [2.24, 2.45) is 0 Å². The minimum Gasteiger partial charge on any atom is -0.465 e. The Morgan fingerprint density at radius 1 is 1.17 bits per heavy atom. The molecule has 0 aromatic carbocycles. The highest BCUT2D eigenvalue weighted by molar-refractivity contribution is 9.10. The molecule has 0 aromatic rings. The van der Waals surface area contributed by atoms with Crippen LogP contribution in [0, 0.1) is 12.3 Å². The zero-order valence-electron chi connectivity index (χ0n) is 17.4. The summed E-state index contributed by atoms with van der Waals surface area (Å²) >= 11 is 3.43. The van der Waals surface area contributed by atoms with Crippen molar-refractivity contribution < 1.29 is 38.0 Å². The van der Waals surface area contributed by atoms with Gasteiger partial charge in [-0.05, 0) is 34.6 Å². The van der Waals surface area contributed by atoms with Crippen molar-refractivity contribution >= 4 is 21.9 Å². The van der Waals surface area contributed by atoms with Gasteiger partial charge in [-0.3, -0.25) is 4.79 Å². The maximum absolute atomic E-state index is 12.6. The van der Waals surface area contributed by atoms with Gasteiger partial charge in [0.15, 0.2) is 16.4 Å². The molecule has 0 N–H and O–H groups in total. The number of terminal acetylenes is 1. The van der Waals surface area contributed by atoms with E-state index in [9.17, 15) is 4.79 Å². The molecule has 1 unspecified atom stereocenters. The van der Waals surface area contributed by atoms with E-state index >= 15 is 0 Å². The van der Waals surface area contributed by atoms with E-state index in [0.717, 1.165) is 0 Å². The third kappa shape index (κ3) is 4.49. The fourth-order valence-corrected chi connectivity index (χ4v) is 4.53. The zero-order valence-corrected chi connectivity index (χ0v) is 19.0. The summed E-state index contributed by atoms with van der Waals surface area (Å²) < 4.78 is 41.7. The molecule has 0 amide bonds. The smallest absolute Gasteiger partial charge is 0.325 e. The van der Waals surface area contributed by atoms with Gasteiger partial charge in [0.1, 0.15) is 24.4 Å². The Morgan fingerprint density at radius 2 is 1.90 bits per heavy atom. The normalized spacial score (nSPS) is 38.4. The number of carbonyl (C=O) groups excluding carboxylic acids is 1. The fourth-order valence-electron chi connectivity index (χ4n) is 3.89. The maximum atomic E-state index is 12.6. The van der Waals surface area contributed by atoms with Crippen LogP contribution in [0.15, 0.2) is 0 Å². The van der Waals surface area contributed by atoms with Gasteiger partial charge in [-0.2, -0.15) is 0 Å². The minimum absolute atomic E-state index is 0.172. The molecule has 6 atom stereocenters. The standard InChI is InChI=1S/C20H29BrO8/c1-7-9-10-24-20(15(21)17(22)23-8-2)16-14(27-19(5,6)29-16)13(28-20)12-11-25-18(3,4)26-12/h1,12-16H,8-11H2,2-6H3/t12-,13-,14-,15?,16-,20-/m1/s1. The van der Waals surface area contributed by atoms with Crippen LogP contribution in [0.1, 0.15) is 41.0 Å². The summed E-state index contributed by atoms with van der Waals surface area (Å²) in [6.45, 7) is 9.71. The quantitative estimate of drug-likeness (QED) is 0.239. The average molecular weight is 477 g/mol. The Labute approximate surface area is 179 Å². The van der Waals surface area contributed by atoms with E-state index < -0.39 is 52.6 Å². The molecule has 29 heavy (non-hydrogen) atoms. The van der Waals surface area contributed by atoms with Crippen LogP contribution in [0.25, 0.3) is 0 Å². The van der Waals surface area contributed by atoms with Crippen LogP contribution in [0.4, 0.5) is 0 Å². The van der Waals surface area contributed by atoms with E-state index in [1.54, 1.807) is 20.8 Å². The number of esters is 1. The molecule has 9 heteroatoms. The molecule has 3 aliphatic rings. The molecular formula is C20H29BrO8. The van der Waals surface area contributed by atoms with Crippen molar-refractivity contribution in [2.45, 2.75) is 87.6 Å². The summed E-state index contributed by atoms with van der Waals surface area (Å²) in [6, 6.07) is 0. The van der Waals surface area contributed by atoms with Crippen molar-refractivity contribution in [3.63, 3.8) is 0 Å². The Bertz CT molecular complexity index is 659. The van der Waals surface area contributed by atoms with E-state index in [2.05, 4.69) is 21.9 Å². The second-order valence-corrected chi connectivity index (χ2v) is 9.02. The Kier molecular flexibility index (Phi) is 6.66. The van der Waals surface area contributed by atoms with E-state index in [-0.39, 0.29) is 13.2 Å². The first kappa shape index (κ1) is 22.9. The van der Waals surface area contributed by atoms with Gasteiger partial charge in [-0.1, -0.05) is 15.9 Å². The second kappa shape index (κ2) is 8.42. The third-order valence-electron chi connectivity index (χ3n) is 4.99. The summed E-state index contributed by atoms with van der Waals surface area (Å²) in [5.41, 5.74) is 0. The number of fused-ring (bicyclic) bond motifs is 1. The molecule has 0 saturated carbocycles. The van der Waals surface area contributed by atoms with Gasteiger partial charge in [-0.25, -0.2) is 0 Å². The van der Waals surface area contributed by atoms with Crippen LogP contribution in [0.3, 0.4) is 0 Å². The molecule has 0 spiro atoms. The van der Waals surface area contributed by atoms with Gasteiger partial charge >= 0.3 is 5.97 Å². The summed E-state index contributed by atoms with van der Waals surface area (Å²) in [5, 5.41) is 0. The molecule has 0 bridgehead atoms. The molecule has 3 rings (SSSR count). The van der Waals surface area contributed by atoms with Crippen LogP contribution in [-0.4, -0.2) is 72.4 Å². The number of hydrogen-bond donors (Lipinski definition) is 0. The molecule has 0 radical (unpaired) electrons. The predicted molar refractivity (Wildman–Crippen MR) is 105 cm³/mol. The van der Waals surface area contributed by atoms with Crippen molar-refractivity contribution in [3.8, 4) is 12.3 Å². The first-order valence-corrected chi connectivity index (χ1v) is 10.7. The van der Waals surface area contributed by atoms with Gasteiger partial charge < -0.3 is 33.2 Å². The Balaban J connectivity index is 1.95. The molecule has 3 aliphatic heterocycles. The molecule has 0 aliphatic carbocycles. The van der Waals surface area contributed by atoms with Crippen molar-refractivity contribution in [3.05, 3.63) is 0 Å².